The maximum atomic E-state index is 12.2. The van der Waals surface area contributed by atoms with E-state index in [4.69, 9.17) is 16.3 Å². The van der Waals surface area contributed by atoms with Crippen LogP contribution >= 0.6 is 22.9 Å². The first-order valence-electron chi connectivity index (χ1n) is 7.62. The van der Waals surface area contributed by atoms with Crippen molar-refractivity contribution in [3.8, 4) is 5.75 Å². The Morgan fingerprint density at radius 2 is 2.04 bits per heavy atom. The summed E-state index contributed by atoms with van der Waals surface area (Å²) in [6, 6.07) is 13.0. The number of ether oxygens (including phenoxy) is 1. The van der Waals surface area contributed by atoms with E-state index in [1.165, 1.54) is 0 Å². The molecule has 1 aromatic heterocycles. The molecule has 0 spiro atoms. The molecule has 0 atom stereocenters. The lowest BCUT2D eigenvalue weighted by Gasteiger charge is -2.05. The van der Waals surface area contributed by atoms with E-state index in [0.717, 1.165) is 28.3 Å². The van der Waals surface area contributed by atoms with Crippen molar-refractivity contribution in [2.45, 2.75) is 6.61 Å². The zero-order valence-electron chi connectivity index (χ0n) is 13.0. The number of thiazole rings is 1. The number of fused-ring (bicyclic) bond motifs is 1. The number of halogens is 1. The molecule has 0 saturated carbocycles. The number of nitrogens with one attached hydrogen (secondary N) is 1. The second-order valence-electron chi connectivity index (χ2n) is 5.54. The van der Waals surface area contributed by atoms with E-state index in [1.807, 2.05) is 41.8 Å². The summed E-state index contributed by atoms with van der Waals surface area (Å²) in [5.41, 5.74) is 5.85. The molecule has 0 unspecified atom stereocenters. The molecular formula is C19H13ClN2O2S. The molecule has 1 aliphatic heterocycles. The average Bonchev–Trinajstić information content (AvgIpc) is 3.22. The Kier molecular flexibility index (Phi) is 4.26. The van der Waals surface area contributed by atoms with Gasteiger partial charge in [0.2, 0.25) is 0 Å². The molecule has 2 heterocycles. The first-order chi connectivity index (χ1) is 12.2. The van der Waals surface area contributed by atoms with Crippen LogP contribution in [0.2, 0.25) is 5.02 Å². The Bertz CT molecular complexity index is 950. The highest BCUT2D eigenvalue weighted by molar-refractivity contribution is 7.07. The lowest BCUT2D eigenvalue weighted by Crippen LogP contribution is -2.03. The zero-order chi connectivity index (χ0) is 17.2. The van der Waals surface area contributed by atoms with Crippen LogP contribution in [0, 0.1) is 0 Å². The van der Waals surface area contributed by atoms with Gasteiger partial charge in [-0.1, -0.05) is 29.8 Å². The maximum Gasteiger partial charge on any atom is 0.256 e. The van der Waals surface area contributed by atoms with Gasteiger partial charge in [0.1, 0.15) is 12.4 Å². The highest BCUT2D eigenvalue weighted by Gasteiger charge is 2.23. The summed E-state index contributed by atoms with van der Waals surface area (Å²) >= 11 is 7.52. The number of aromatic nitrogens is 1. The van der Waals surface area contributed by atoms with Crippen molar-refractivity contribution in [3.05, 3.63) is 75.2 Å². The van der Waals surface area contributed by atoms with Crippen molar-refractivity contribution in [2.24, 2.45) is 0 Å². The van der Waals surface area contributed by atoms with E-state index >= 15 is 0 Å². The van der Waals surface area contributed by atoms with Gasteiger partial charge in [-0.15, -0.1) is 11.3 Å². The third kappa shape index (κ3) is 3.43. The number of carbonyl (C=O) groups is 1. The molecule has 0 saturated heterocycles. The normalized spacial score (nSPS) is 14.4. The van der Waals surface area contributed by atoms with Crippen LogP contribution in [0.25, 0.3) is 11.6 Å². The molecular weight excluding hydrogens is 356 g/mol. The average molecular weight is 369 g/mol. The van der Waals surface area contributed by atoms with Crippen LogP contribution in [-0.2, 0) is 11.4 Å². The van der Waals surface area contributed by atoms with Crippen LogP contribution < -0.4 is 10.1 Å². The minimum atomic E-state index is -0.124. The van der Waals surface area contributed by atoms with Crippen LogP contribution in [-0.4, -0.2) is 10.9 Å². The number of amides is 1. The van der Waals surface area contributed by atoms with Gasteiger partial charge in [0.05, 0.1) is 16.9 Å². The van der Waals surface area contributed by atoms with Crippen molar-refractivity contribution in [1.82, 2.24) is 4.98 Å². The molecule has 0 aliphatic carbocycles. The molecule has 4 nitrogen and oxygen atoms in total. The molecule has 1 aliphatic rings. The summed E-state index contributed by atoms with van der Waals surface area (Å²) < 4.78 is 5.70. The van der Waals surface area contributed by atoms with Crippen LogP contribution in [0.1, 0.15) is 16.8 Å². The van der Waals surface area contributed by atoms with Gasteiger partial charge in [-0.25, -0.2) is 4.98 Å². The molecule has 0 radical (unpaired) electrons. The van der Waals surface area contributed by atoms with E-state index in [9.17, 15) is 4.79 Å². The Hall–Kier alpha value is -2.63. The fourth-order valence-corrected chi connectivity index (χ4v) is 3.32. The molecule has 1 amide bonds. The van der Waals surface area contributed by atoms with Gasteiger partial charge in [0.15, 0.2) is 0 Å². The minimum absolute atomic E-state index is 0.124. The quantitative estimate of drug-likeness (QED) is 0.668. The molecule has 0 fully saturated rings. The molecule has 1 N–H and O–H groups in total. The van der Waals surface area contributed by atoms with Gasteiger partial charge in [0, 0.05) is 21.5 Å². The summed E-state index contributed by atoms with van der Waals surface area (Å²) in [4.78, 5) is 16.4. The fraction of sp³-hybridized carbons (Fsp3) is 0.0526. The zero-order valence-corrected chi connectivity index (χ0v) is 14.6. The molecule has 3 aromatic rings. The largest absolute Gasteiger partial charge is 0.487 e. The van der Waals surface area contributed by atoms with E-state index < -0.39 is 0 Å². The first-order valence-corrected chi connectivity index (χ1v) is 8.94. The molecule has 124 valence electrons. The predicted octanol–water partition coefficient (Wildman–Crippen LogP) is 4.87. The van der Waals surface area contributed by atoms with Crippen LogP contribution in [0.15, 0.2) is 53.4 Å². The van der Waals surface area contributed by atoms with Crippen molar-refractivity contribution < 1.29 is 9.53 Å². The fourth-order valence-electron chi connectivity index (χ4n) is 2.60. The Labute approximate surface area is 153 Å². The number of anilines is 1. The van der Waals surface area contributed by atoms with Gasteiger partial charge < -0.3 is 10.1 Å². The third-order valence-electron chi connectivity index (χ3n) is 3.83. The van der Waals surface area contributed by atoms with Crippen LogP contribution in [0.4, 0.5) is 5.69 Å². The van der Waals surface area contributed by atoms with Crippen molar-refractivity contribution in [3.63, 3.8) is 0 Å². The van der Waals surface area contributed by atoms with E-state index in [-0.39, 0.29) is 5.91 Å². The van der Waals surface area contributed by atoms with Crippen molar-refractivity contribution in [1.29, 1.82) is 0 Å². The molecule has 25 heavy (non-hydrogen) atoms. The van der Waals surface area contributed by atoms with Gasteiger partial charge in [-0.05, 0) is 35.9 Å². The number of rotatable bonds is 4. The van der Waals surface area contributed by atoms with Gasteiger partial charge in [0.25, 0.3) is 5.91 Å². The maximum absolute atomic E-state index is 12.2. The lowest BCUT2D eigenvalue weighted by molar-refractivity contribution is -0.110. The Morgan fingerprint density at radius 1 is 1.20 bits per heavy atom. The molecule has 6 heteroatoms. The van der Waals surface area contributed by atoms with Crippen LogP contribution in [0.3, 0.4) is 0 Å². The molecule has 0 bridgehead atoms. The SMILES string of the molecule is O=C1Nc2cc(Cl)ccc2/C1=C\c1ccc(OCc2cscn2)cc1. The second kappa shape index (κ2) is 6.70. The number of benzene rings is 2. The lowest BCUT2D eigenvalue weighted by atomic mass is 10.0. The minimum Gasteiger partial charge on any atom is -0.487 e. The van der Waals surface area contributed by atoms with Gasteiger partial charge in [-0.2, -0.15) is 0 Å². The van der Waals surface area contributed by atoms with E-state index in [1.54, 1.807) is 29.0 Å². The summed E-state index contributed by atoms with van der Waals surface area (Å²) in [5, 5.41) is 5.39. The highest BCUT2D eigenvalue weighted by Crippen LogP contribution is 2.35. The van der Waals surface area contributed by atoms with E-state index in [2.05, 4.69) is 10.3 Å². The monoisotopic (exact) mass is 368 g/mol. The third-order valence-corrected chi connectivity index (χ3v) is 4.70. The topological polar surface area (TPSA) is 51.2 Å². The van der Waals surface area contributed by atoms with Crippen LogP contribution in [0.5, 0.6) is 5.75 Å². The predicted molar refractivity (Wildman–Crippen MR) is 101 cm³/mol. The summed E-state index contributed by atoms with van der Waals surface area (Å²) in [5.74, 6) is 0.638. The van der Waals surface area contributed by atoms with E-state index in [0.29, 0.717) is 17.2 Å². The van der Waals surface area contributed by atoms with Gasteiger partial charge in [-0.3, -0.25) is 4.79 Å². The highest BCUT2D eigenvalue weighted by atomic mass is 35.5. The number of carbonyl (C=O) groups excluding carboxylic acids is 1. The standard InChI is InChI=1S/C19H13ClN2O2S/c20-13-3-6-16-17(19(23)22-18(16)8-13)7-12-1-4-15(5-2-12)24-9-14-10-25-11-21-14/h1-8,10-11H,9H2,(H,22,23)/b17-7+. The summed E-state index contributed by atoms with van der Waals surface area (Å²) in [7, 11) is 0. The smallest absolute Gasteiger partial charge is 0.256 e. The molecule has 2 aromatic carbocycles. The number of hydrogen-bond acceptors (Lipinski definition) is 4. The Morgan fingerprint density at radius 3 is 2.80 bits per heavy atom. The summed E-state index contributed by atoms with van der Waals surface area (Å²) in [6.07, 6.45) is 1.86. The first kappa shape index (κ1) is 15.9. The summed E-state index contributed by atoms with van der Waals surface area (Å²) in [6.45, 7) is 0.445. The van der Waals surface area contributed by atoms with Crippen molar-refractivity contribution in [2.75, 3.05) is 5.32 Å². The van der Waals surface area contributed by atoms with Crippen molar-refractivity contribution >= 4 is 46.2 Å². The number of hydrogen-bond donors (Lipinski definition) is 1. The van der Waals surface area contributed by atoms with Gasteiger partial charge >= 0.3 is 0 Å². The molecule has 4 rings (SSSR count). The second-order valence-corrected chi connectivity index (χ2v) is 6.69. The number of nitrogens with zero attached hydrogens (tertiary/aromatic N) is 1. The Balaban J connectivity index is 1.53.